The van der Waals surface area contributed by atoms with Crippen molar-refractivity contribution in [1.29, 1.82) is 0 Å². The summed E-state index contributed by atoms with van der Waals surface area (Å²) in [4.78, 5) is 25.5. The molecule has 3 N–H and O–H groups in total. The van der Waals surface area contributed by atoms with Gasteiger partial charge in [-0.25, -0.2) is 0 Å². The summed E-state index contributed by atoms with van der Waals surface area (Å²) < 4.78 is 0. The average molecular weight is 290 g/mol. The molecule has 2 fully saturated rings. The summed E-state index contributed by atoms with van der Waals surface area (Å²) in [7, 11) is 0. The van der Waals surface area contributed by atoms with E-state index in [1.54, 1.807) is 4.90 Å². The van der Waals surface area contributed by atoms with Gasteiger partial charge < -0.3 is 16.0 Å². The molecule has 2 amide bonds. The zero-order valence-electron chi connectivity index (χ0n) is 11.4. The third-order valence-electron chi connectivity index (χ3n) is 3.92. The van der Waals surface area contributed by atoms with Gasteiger partial charge in [-0.2, -0.15) is 0 Å². The van der Waals surface area contributed by atoms with Crippen molar-refractivity contribution in [1.82, 2.24) is 10.2 Å². The Hall–Kier alpha value is -0.810. The summed E-state index contributed by atoms with van der Waals surface area (Å²) in [6, 6.07) is -0.243. The first-order chi connectivity index (χ1) is 8.63. The molecule has 1 saturated carbocycles. The second-order valence-electron chi connectivity index (χ2n) is 5.36. The fraction of sp³-hybridized carbons (Fsp3) is 0.846. The monoisotopic (exact) mass is 289 g/mol. The molecule has 2 unspecified atom stereocenters. The van der Waals surface area contributed by atoms with E-state index >= 15 is 0 Å². The molecule has 1 heterocycles. The van der Waals surface area contributed by atoms with Crippen molar-refractivity contribution in [3.63, 3.8) is 0 Å². The second-order valence-corrected chi connectivity index (χ2v) is 5.36. The molecule has 5 nitrogen and oxygen atoms in total. The summed E-state index contributed by atoms with van der Waals surface area (Å²) >= 11 is 0. The Kier molecular flexibility index (Phi) is 6.07. The van der Waals surface area contributed by atoms with Gasteiger partial charge in [0.25, 0.3) is 0 Å². The highest BCUT2D eigenvalue weighted by atomic mass is 35.5. The molecule has 0 aromatic heterocycles. The van der Waals surface area contributed by atoms with Crippen LogP contribution in [0, 0.1) is 5.92 Å². The molecule has 1 aliphatic carbocycles. The van der Waals surface area contributed by atoms with Gasteiger partial charge >= 0.3 is 0 Å². The summed E-state index contributed by atoms with van der Waals surface area (Å²) in [5, 5.41) is 2.89. The van der Waals surface area contributed by atoms with Crippen molar-refractivity contribution in [3.05, 3.63) is 0 Å². The van der Waals surface area contributed by atoms with Crippen LogP contribution in [0.5, 0.6) is 0 Å². The van der Waals surface area contributed by atoms with Gasteiger partial charge in [0.2, 0.25) is 11.8 Å². The number of carbonyl (C=O) groups is 2. The zero-order chi connectivity index (χ0) is 13.1. The molecule has 1 aliphatic heterocycles. The highest BCUT2D eigenvalue weighted by Crippen LogP contribution is 2.31. The topological polar surface area (TPSA) is 75.4 Å². The van der Waals surface area contributed by atoms with E-state index in [0.717, 1.165) is 6.42 Å². The van der Waals surface area contributed by atoms with E-state index in [2.05, 4.69) is 5.32 Å². The van der Waals surface area contributed by atoms with Gasteiger partial charge in [-0.3, -0.25) is 9.59 Å². The van der Waals surface area contributed by atoms with Crippen LogP contribution in [-0.4, -0.2) is 41.9 Å². The van der Waals surface area contributed by atoms with Crippen LogP contribution in [-0.2, 0) is 9.59 Å². The molecule has 0 aromatic rings. The van der Waals surface area contributed by atoms with Crippen molar-refractivity contribution in [2.24, 2.45) is 11.7 Å². The molecule has 110 valence electrons. The first-order valence-electron chi connectivity index (χ1n) is 6.96. The minimum absolute atomic E-state index is 0. The molecule has 6 heteroatoms. The molecule has 2 aliphatic rings. The van der Waals surface area contributed by atoms with Gasteiger partial charge in [-0.05, 0) is 31.6 Å². The maximum atomic E-state index is 12.1. The number of likely N-dealkylation sites (tertiary alicyclic amines) is 1. The Morgan fingerprint density at radius 2 is 2.21 bits per heavy atom. The Balaban J connectivity index is 0.00000180. The van der Waals surface area contributed by atoms with Crippen LogP contribution in [0.1, 0.15) is 39.0 Å². The molecular weight excluding hydrogens is 266 g/mol. The minimum Gasteiger partial charge on any atom is -0.353 e. The van der Waals surface area contributed by atoms with Crippen LogP contribution in [0.3, 0.4) is 0 Å². The molecule has 19 heavy (non-hydrogen) atoms. The largest absolute Gasteiger partial charge is 0.353 e. The predicted octanol–water partition coefficient (Wildman–Crippen LogP) is 0.663. The standard InChI is InChI=1S/C13H23N3O2.ClH/c1-2-11(16-7-3-4-12(16)17)13(18)15-8-10(14)9-5-6-9;/h9-11H,2-8,14H2,1H3,(H,15,18);1H. The summed E-state index contributed by atoms with van der Waals surface area (Å²) in [6.45, 7) is 3.18. The molecule has 1 saturated heterocycles. The summed E-state index contributed by atoms with van der Waals surface area (Å²) in [6.07, 6.45) is 4.46. The molecular formula is C13H24ClN3O2. The van der Waals surface area contributed by atoms with Crippen molar-refractivity contribution in [3.8, 4) is 0 Å². The highest BCUT2D eigenvalue weighted by molar-refractivity contribution is 5.88. The lowest BCUT2D eigenvalue weighted by Crippen LogP contribution is -2.49. The van der Waals surface area contributed by atoms with Crippen LogP contribution >= 0.6 is 12.4 Å². The minimum atomic E-state index is -0.314. The normalized spacial score (nSPS) is 21.8. The van der Waals surface area contributed by atoms with E-state index in [4.69, 9.17) is 5.73 Å². The number of hydrogen-bond acceptors (Lipinski definition) is 3. The van der Waals surface area contributed by atoms with Crippen molar-refractivity contribution < 1.29 is 9.59 Å². The van der Waals surface area contributed by atoms with Crippen LogP contribution < -0.4 is 11.1 Å². The number of carbonyl (C=O) groups excluding carboxylic acids is 2. The molecule has 0 radical (unpaired) electrons. The molecule has 0 bridgehead atoms. The van der Waals surface area contributed by atoms with E-state index in [1.165, 1.54) is 12.8 Å². The molecule has 2 rings (SSSR count). The maximum absolute atomic E-state index is 12.1. The van der Waals surface area contributed by atoms with E-state index in [9.17, 15) is 9.59 Å². The van der Waals surface area contributed by atoms with Crippen molar-refractivity contribution >= 4 is 24.2 Å². The quantitative estimate of drug-likeness (QED) is 0.754. The highest BCUT2D eigenvalue weighted by Gasteiger charge is 2.33. The molecule has 2 atom stereocenters. The summed E-state index contributed by atoms with van der Waals surface area (Å²) in [5.74, 6) is 0.631. The average Bonchev–Trinajstić information content (AvgIpc) is 3.12. The number of hydrogen-bond donors (Lipinski definition) is 2. The summed E-state index contributed by atoms with van der Waals surface area (Å²) in [5.41, 5.74) is 5.95. The number of nitrogens with zero attached hydrogens (tertiary/aromatic N) is 1. The lowest BCUT2D eigenvalue weighted by Gasteiger charge is -2.26. The Labute approximate surface area is 120 Å². The Bertz CT molecular complexity index is 334. The molecule has 0 spiro atoms. The molecule has 0 aromatic carbocycles. The van der Waals surface area contributed by atoms with E-state index in [-0.39, 0.29) is 36.3 Å². The van der Waals surface area contributed by atoms with Gasteiger partial charge in [0.05, 0.1) is 0 Å². The maximum Gasteiger partial charge on any atom is 0.242 e. The van der Waals surface area contributed by atoms with Crippen LogP contribution in [0.25, 0.3) is 0 Å². The first-order valence-corrected chi connectivity index (χ1v) is 6.96. The zero-order valence-corrected chi connectivity index (χ0v) is 12.2. The fourth-order valence-corrected chi connectivity index (χ4v) is 2.57. The number of amides is 2. The van der Waals surface area contributed by atoms with Gasteiger partial charge in [-0.15, -0.1) is 12.4 Å². The van der Waals surface area contributed by atoms with Gasteiger partial charge in [0.1, 0.15) is 6.04 Å². The SMILES string of the molecule is CCC(C(=O)NCC(N)C1CC1)N1CCCC1=O.Cl. The van der Waals surface area contributed by atoms with Crippen LogP contribution in [0.15, 0.2) is 0 Å². The van der Waals surface area contributed by atoms with Gasteiger partial charge in [-0.1, -0.05) is 6.92 Å². The third-order valence-corrected chi connectivity index (χ3v) is 3.92. The lowest BCUT2D eigenvalue weighted by molar-refractivity contribution is -0.137. The Morgan fingerprint density at radius 1 is 1.53 bits per heavy atom. The number of halogens is 1. The van der Waals surface area contributed by atoms with E-state index in [1.807, 2.05) is 6.92 Å². The third kappa shape index (κ3) is 4.08. The van der Waals surface area contributed by atoms with Crippen molar-refractivity contribution in [2.75, 3.05) is 13.1 Å². The van der Waals surface area contributed by atoms with E-state index in [0.29, 0.717) is 31.8 Å². The van der Waals surface area contributed by atoms with Gasteiger partial charge in [0.15, 0.2) is 0 Å². The lowest BCUT2D eigenvalue weighted by atomic mass is 10.1. The van der Waals surface area contributed by atoms with E-state index < -0.39 is 0 Å². The first kappa shape index (κ1) is 16.2. The second kappa shape index (κ2) is 7.10. The fourth-order valence-electron chi connectivity index (χ4n) is 2.57. The number of rotatable bonds is 6. The van der Waals surface area contributed by atoms with Gasteiger partial charge in [0, 0.05) is 25.6 Å². The Morgan fingerprint density at radius 3 is 2.68 bits per heavy atom. The smallest absolute Gasteiger partial charge is 0.242 e. The van der Waals surface area contributed by atoms with Crippen molar-refractivity contribution in [2.45, 2.75) is 51.1 Å². The van der Waals surface area contributed by atoms with Crippen LogP contribution in [0.4, 0.5) is 0 Å². The number of nitrogens with two attached hydrogens (primary N) is 1. The van der Waals surface area contributed by atoms with Crippen LogP contribution in [0.2, 0.25) is 0 Å². The predicted molar refractivity (Wildman–Crippen MR) is 76.0 cm³/mol. The number of nitrogens with one attached hydrogen (secondary N) is 1.